The molecule has 0 heterocycles. The van der Waals surface area contributed by atoms with Gasteiger partial charge in [0.2, 0.25) is 0 Å². The van der Waals surface area contributed by atoms with Crippen LogP contribution in [0, 0.1) is 5.41 Å². The van der Waals surface area contributed by atoms with Gasteiger partial charge in [-0.2, -0.15) is 0 Å². The second-order valence-corrected chi connectivity index (χ2v) is 6.14. The second-order valence-electron chi connectivity index (χ2n) is 6.14. The molecule has 0 radical (unpaired) electrons. The monoisotopic (exact) mass is 239 g/mol. The first-order valence-corrected chi connectivity index (χ1v) is 6.97. The third-order valence-corrected chi connectivity index (χ3v) is 4.41. The summed E-state index contributed by atoms with van der Waals surface area (Å²) in [5.41, 5.74) is -0.442. The first-order valence-electron chi connectivity index (χ1n) is 6.97. The van der Waals surface area contributed by atoms with Crippen LogP contribution in [0.3, 0.4) is 0 Å². The number of rotatable bonds is 4. The Kier molecular flexibility index (Phi) is 3.48. The van der Waals surface area contributed by atoms with Gasteiger partial charge in [-0.3, -0.25) is 10.1 Å². The molecule has 2 aliphatic rings. The van der Waals surface area contributed by atoms with Gasteiger partial charge in [0, 0.05) is 6.04 Å². The number of carbonyl (C=O) groups excluding carboxylic acids is 1. The zero-order chi connectivity index (χ0) is 12.5. The van der Waals surface area contributed by atoms with Crippen LogP contribution in [0.15, 0.2) is 0 Å². The van der Waals surface area contributed by atoms with Crippen molar-refractivity contribution in [3.63, 3.8) is 0 Å². The van der Waals surface area contributed by atoms with Gasteiger partial charge in [0.1, 0.15) is 5.54 Å². The quantitative estimate of drug-likeness (QED) is 0.766. The van der Waals surface area contributed by atoms with E-state index in [0.29, 0.717) is 12.6 Å². The highest BCUT2D eigenvalue weighted by atomic mass is 16.5. The highest BCUT2D eigenvalue weighted by Crippen LogP contribution is 2.46. The van der Waals surface area contributed by atoms with Gasteiger partial charge in [-0.15, -0.1) is 0 Å². The largest absolute Gasteiger partial charge is 0.465 e. The lowest BCUT2D eigenvalue weighted by Gasteiger charge is -2.48. The second kappa shape index (κ2) is 4.60. The van der Waals surface area contributed by atoms with E-state index in [0.717, 1.165) is 19.3 Å². The van der Waals surface area contributed by atoms with Crippen LogP contribution in [0.25, 0.3) is 0 Å². The maximum Gasteiger partial charge on any atom is 0.326 e. The summed E-state index contributed by atoms with van der Waals surface area (Å²) in [4.78, 5) is 12.4. The van der Waals surface area contributed by atoms with Gasteiger partial charge in [-0.25, -0.2) is 0 Å². The van der Waals surface area contributed by atoms with Gasteiger partial charge in [0.15, 0.2) is 0 Å². The van der Waals surface area contributed by atoms with Crippen LogP contribution in [0.4, 0.5) is 0 Å². The number of nitrogens with one attached hydrogen (secondary N) is 1. The summed E-state index contributed by atoms with van der Waals surface area (Å²) in [5.74, 6) is -0.0309. The van der Waals surface area contributed by atoms with Gasteiger partial charge in [-0.1, -0.05) is 26.7 Å². The fourth-order valence-corrected chi connectivity index (χ4v) is 3.04. The molecule has 2 rings (SSSR count). The van der Waals surface area contributed by atoms with E-state index in [1.54, 1.807) is 0 Å². The van der Waals surface area contributed by atoms with E-state index in [-0.39, 0.29) is 11.4 Å². The molecular weight excluding hydrogens is 214 g/mol. The highest BCUT2D eigenvalue weighted by Gasteiger charge is 2.54. The molecule has 3 nitrogen and oxygen atoms in total. The fourth-order valence-electron chi connectivity index (χ4n) is 3.04. The summed E-state index contributed by atoms with van der Waals surface area (Å²) in [6.45, 7) is 6.78. The molecule has 2 aliphatic carbocycles. The van der Waals surface area contributed by atoms with E-state index in [1.807, 2.05) is 6.92 Å². The molecule has 0 bridgehead atoms. The Hall–Kier alpha value is -0.570. The molecule has 1 N–H and O–H groups in total. The predicted octanol–water partition coefficient (Wildman–Crippen LogP) is 2.64. The van der Waals surface area contributed by atoms with Crippen molar-refractivity contribution in [2.45, 2.75) is 70.9 Å². The van der Waals surface area contributed by atoms with E-state index in [4.69, 9.17) is 4.74 Å². The maximum absolute atomic E-state index is 12.4. The van der Waals surface area contributed by atoms with Crippen LogP contribution in [0.2, 0.25) is 0 Å². The Morgan fingerprint density at radius 2 is 1.94 bits per heavy atom. The predicted molar refractivity (Wildman–Crippen MR) is 67.8 cm³/mol. The van der Waals surface area contributed by atoms with E-state index in [2.05, 4.69) is 19.2 Å². The van der Waals surface area contributed by atoms with Crippen molar-refractivity contribution in [1.82, 2.24) is 5.32 Å². The number of hydrogen-bond donors (Lipinski definition) is 1. The summed E-state index contributed by atoms with van der Waals surface area (Å²) < 4.78 is 5.35. The minimum Gasteiger partial charge on any atom is -0.465 e. The van der Waals surface area contributed by atoms with E-state index < -0.39 is 5.54 Å². The average molecular weight is 239 g/mol. The standard InChI is InChI=1S/C14H25NO2/c1-4-17-12(16)14(15-11-7-8-11)10-6-5-9-13(14,2)3/h11,15H,4-10H2,1-3H3. The first-order chi connectivity index (χ1) is 8.02. The minimum absolute atomic E-state index is 0.0000926. The van der Waals surface area contributed by atoms with Crippen molar-refractivity contribution < 1.29 is 9.53 Å². The van der Waals surface area contributed by atoms with E-state index in [1.165, 1.54) is 19.3 Å². The summed E-state index contributed by atoms with van der Waals surface area (Å²) in [6.07, 6.45) is 6.79. The Morgan fingerprint density at radius 3 is 2.47 bits per heavy atom. The molecule has 1 atom stereocenters. The topological polar surface area (TPSA) is 38.3 Å². The number of esters is 1. The number of ether oxygens (including phenoxy) is 1. The van der Waals surface area contributed by atoms with Crippen LogP contribution in [-0.2, 0) is 9.53 Å². The molecule has 0 aromatic rings. The van der Waals surface area contributed by atoms with Crippen molar-refractivity contribution in [3.05, 3.63) is 0 Å². The third-order valence-electron chi connectivity index (χ3n) is 4.41. The van der Waals surface area contributed by atoms with Gasteiger partial charge in [0.25, 0.3) is 0 Å². The zero-order valence-corrected chi connectivity index (χ0v) is 11.3. The van der Waals surface area contributed by atoms with Gasteiger partial charge in [0.05, 0.1) is 6.61 Å². The highest BCUT2D eigenvalue weighted by molar-refractivity contribution is 5.82. The third kappa shape index (κ3) is 2.35. The van der Waals surface area contributed by atoms with Crippen molar-refractivity contribution >= 4 is 5.97 Å². The Bertz CT molecular complexity index is 297. The molecule has 0 aromatic carbocycles. The van der Waals surface area contributed by atoms with Crippen LogP contribution < -0.4 is 5.32 Å². The van der Waals surface area contributed by atoms with Gasteiger partial charge in [-0.05, 0) is 38.0 Å². The first kappa shape index (κ1) is 12.9. The lowest BCUT2D eigenvalue weighted by molar-refractivity contribution is -0.160. The normalized spacial score (nSPS) is 32.2. The van der Waals surface area contributed by atoms with Gasteiger partial charge < -0.3 is 4.74 Å². The minimum atomic E-state index is -0.442. The zero-order valence-electron chi connectivity index (χ0n) is 11.3. The number of carbonyl (C=O) groups is 1. The molecule has 1 unspecified atom stereocenters. The summed E-state index contributed by atoms with van der Waals surface area (Å²) in [5, 5.41) is 3.61. The molecule has 0 amide bonds. The van der Waals surface area contributed by atoms with Gasteiger partial charge >= 0.3 is 5.97 Å². The summed E-state index contributed by atoms with van der Waals surface area (Å²) in [7, 11) is 0. The molecule has 2 fully saturated rings. The average Bonchev–Trinajstić information content (AvgIpc) is 3.05. The van der Waals surface area contributed by atoms with E-state index >= 15 is 0 Å². The van der Waals surface area contributed by atoms with Crippen molar-refractivity contribution in [2.24, 2.45) is 5.41 Å². The van der Waals surface area contributed by atoms with Crippen LogP contribution in [0.5, 0.6) is 0 Å². The van der Waals surface area contributed by atoms with Crippen molar-refractivity contribution in [1.29, 1.82) is 0 Å². The Labute approximate surface area is 104 Å². The van der Waals surface area contributed by atoms with Crippen LogP contribution >= 0.6 is 0 Å². The molecule has 17 heavy (non-hydrogen) atoms. The summed E-state index contributed by atoms with van der Waals surface area (Å²) in [6, 6.07) is 0.539. The molecule has 0 saturated heterocycles. The lowest BCUT2D eigenvalue weighted by Crippen LogP contribution is -2.64. The molecule has 0 spiro atoms. The van der Waals surface area contributed by atoms with Crippen molar-refractivity contribution in [3.8, 4) is 0 Å². The Morgan fingerprint density at radius 1 is 1.29 bits per heavy atom. The van der Waals surface area contributed by atoms with Crippen LogP contribution in [0.1, 0.15) is 59.3 Å². The molecule has 0 aliphatic heterocycles. The molecule has 0 aromatic heterocycles. The van der Waals surface area contributed by atoms with Crippen molar-refractivity contribution in [2.75, 3.05) is 6.61 Å². The SMILES string of the molecule is CCOC(=O)C1(NC2CC2)CCCCC1(C)C. The Balaban J connectivity index is 2.22. The molecule has 2 saturated carbocycles. The summed E-state index contributed by atoms with van der Waals surface area (Å²) >= 11 is 0. The molecular formula is C14H25NO2. The molecule has 3 heteroatoms. The number of hydrogen-bond acceptors (Lipinski definition) is 3. The lowest BCUT2D eigenvalue weighted by atomic mass is 9.63. The van der Waals surface area contributed by atoms with E-state index in [9.17, 15) is 4.79 Å². The van der Waals surface area contributed by atoms with Crippen LogP contribution in [-0.4, -0.2) is 24.2 Å². The smallest absolute Gasteiger partial charge is 0.326 e. The maximum atomic E-state index is 12.4. The molecule has 98 valence electrons. The fraction of sp³-hybridized carbons (Fsp3) is 0.929.